The van der Waals surface area contributed by atoms with Crippen molar-refractivity contribution in [2.24, 2.45) is 0 Å². The molecule has 0 N–H and O–H groups in total. The van der Waals surface area contributed by atoms with Crippen molar-refractivity contribution in [1.82, 2.24) is 0 Å². The van der Waals surface area contributed by atoms with Gasteiger partial charge in [-0.25, -0.2) is 0 Å². The molecule has 0 aliphatic heterocycles. The number of fused-ring (bicyclic) bond motifs is 1. The number of esters is 1. The van der Waals surface area contributed by atoms with Gasteiger partial charge < -0.3 is 13.9 Å². The first-order chi connectivity index (χ1) is 12.6. The lowest BCUT2D eigenvalue weighted by Crippen LogP contribution is -2.16. The maximum absolute atomic E-state index is 13.1. The van der Waals surface area contributed by atoms with Crippen molar-refractivity contribution in [2.45, 2.75) is 19.3 Å². The lowest BCUT2D eigenvalue weighted by Gasteiger charge is -2.13. The molecule has 0 saturated heterocycles. The molecule has 26 heavy (non-hydrogen) atoms. The van der Waals surface area contributed by atoms with E-state index in [2.05, 4.69) is 0 Å². The lowest BCUT2D eigenvalue weighted by molar-refractivity contribution is -0.142. The smallest absolute Gasteiger partial charge is 0.313 e. The Morgan fingerprint density at radius 2 is 1.73 bits per heavy atom. The summed E-state index contributed by atoms with van der Waals surface area (Å²) in [4.78, 5) is 25.4. The molecule has 1 unspecified atom stereocenters. The monoisotopic (exact) mass is 352 g/mol. The Morgan fingerprint density at radius 3 is 2.35 bits per heavy atom. The van der Waals surface area contributed by atoms with E-state index in [1.807, 2.05) is 25.1 Å². The minimum absolute atomic E-state index is 0.175. The first-order valence-electron chi connectivity index (χ1n) is 8.38. The van der Waals surface area contributed by atoms with Crippen LogP contribution in [0, 0.1) is 0 Å². The number of hydrogen-bond donors (Lipinski definition) is 0. The fraction of sp³-hybridized carbons (Fsp3) is 0.238. The molecule has 3 rings (SSSR count). The first kappa shape index (κ1) is 17.7. The fourth-order valence-electron chi connectivity index (χ4n) is 3.08. The number of carbonyl (C=O) groups is 2. The van der Waals surface area contributed by atoms with Gasteiger partial charge in [0.1, 0.15) is 11.3 Å². The molecule has 134 valence electrons. The van der Waals surface area contributed by atoms with Crippen LogP contribution in [-0.2, 0) is 9.53 Å². The van der Waals surface area contributed by atoms with Crippen LogP contribution in [0.1, 0.15) is 40.9 Å². The summed E-state index contributed by atoms with van der Waals surface area (Å²) < 4.78 is 15.9. The number of methoxy groups -OCH3 is 2. The number of para-hydroxylation sites is 1. The average molecular weight is 352 g/mol. The standard InChI is InChI=1S/C21H20O5/c1-4-15(21(23)25-3)18-16-7-5-6-8-17(16)26-20(18)19(22)13-9-11-14(24-2)12-10-13/h5-12,15H,4H2,1-3H3. The molecular weight excluding hydrogens is 332 g/mol. The summed E-state index contributed by atoms with van der Waals surface area (Å²) >= 11 is 0. The van der Waals surface area contributed by atoms with E-state index in [0.717, 1.165) is 5.39 Å². The van der Waals surface area contributed by atoms with Crippen LogP contribution in [-0.4, -0.2) is 26.0 Å². The highest BCUT2D eigenvalue weighted by atomic mass is 16.5. The van der Waals surface area contributed by atoms with Gasteiger partial charge in [0.25, 0.3) is 0 Å². The second kappa shape index (κ2) is 7.44. The maximum atomic E-state index is 13.1. The van der Waals surface area contributed by atoms with Crippen LogP contribution >= 0.6 is 0 Å². The number of furan rings is 1. The highest BCUT2D eigenvalue weighted by Gasteiger charge is 2.31. The summed E-state index contributed by atoms with van der Waals surface area (Å²) in [6.07, 6.45) is 0.499. The minimum Gasteiger partial charge on any atom is -0.497 e. The second-order valence-corrected chi connectivity index (χ2v) is 5.88. The van der Waals surface area contributed by atoms with Crippen molar-refractivity contribution < 1.29 is 23.5 Å². The summed E-state index contributed by atoms with van der Waals surface area (Å²) in [5.74, 6) is -0.397. The van der Waals surface area contributed by atoms with Gasteiger partial charge in [0, 0.05) is 16.5 Å². The van der Waals surface area contributed by atoms with E-state index in [9.17, 15) is 9.59 Å². The Balaban J connectivity index is 2.16. The second-order valence-electron chi connectivity index (χ2n) is 5.88. The molecule has 0 amide bonds. The molecule has 1 heterocycles. The zero-order valence-corrected chi connectivity index (χ0v) is 14.9. The molecule has 0 aliphatic rings. The topological polar surface area (TPSA) is 65.7 Å². The SMILES string of the molecule is CCC(C(=O)OC)c1c(C(=O)c2ccc(OC)cc2)oc2ccccc12. The Hall–Kier alpha value is -3.08. The lowest BCUT2D eigenvalue weighted by atomic mass is 9.91. The number of benzene rings is 2. The van der Waals surface area contributed by atoms with E-state index >= 15 is 0 Å². The van der Waals surface area contributed by atoms with Gasteiger partial charge in [-0.2, -0.15) is 0 Å². The Morgan fingerprint density at radius 1 is 1.04 bits per heavy atom. The van der Waals surface area contributed by atoms with Gasteiger partial charge in [-0.05, 0) is 36.8 Å². The molecule has 0 fully saturated rings. The third-order valence-corrected chi connectivity index (χ3v) is 4.43. The quantitative estimate of drug-likeness (QED) is 0.488. The van der Waals surface area contributed by atoms with E-state index in [4.69, 9.17) is 13.9 Å². The minimum atomic E-state index is -0.569. The predicted molar refractivity (Wildman–Crippen MR) is 97.7 cm³/mol. The molecule has 2 aromatic carbocycles. The van der Waals surface area contributed by atoms with Crippen molar-refractivity contribution in [3.8, 4) is 5.75 Å². The fourth-order valence-corrected chi connectivity index (χ4v) is 3.08. The third-order valence-electron chi connectivity index (χ3n) is 4.43. The normalized spacial score (nSPS) is 12.0. The maximum Gasteiger partial charge on any atom is 0.313 e. The summed E-state index contributed by atoms with van der Waals surface area (Å²) in [7, 11) is 2.91. The molecule has 0 spiro atoms. The van der Waals surface area contributed by atoms with E-state index in [-0.39, 0.29) is 17.5 Å². The molecule has 0 aliphatic carbocycles. The molecule has 5 heteroatoms. The van der Waals surface area contributed by atoms with Gasteiger partial charge in [0.15, 0.2) is 5.76 Å². The van der Waals surface area contributed by atoms with Crippen molar-refractivity contribution in [3.05, 3.63) is 65.4 Å². The molecule has 0 saturated carbocycles. The number of hydrogen-bond acceptors (Lipinski definition) is 5. The average Bonchev–Trinajstić information content (AvgIpc) is 3.07. The van der Waals surface area contributed by atoms with Crippen molar-refractivity contribution in [2.75, 3.05) is 14.2 Å². The molecule has 0 radical (unpaired) electrons. The van der Waals surface area contributed by atoms with Gasteiger partial charge in [-0.15, -0.1) is 0 Å². The molecular formula is C21H20O5. The highest BCUT2D eigenvalue weighted by molar-refractivity contribution is 6.11. The summed E-state index contributed by atoms with van der Waals surface area (Å²) in [5, 5.41) is 0.751. The number of rotatable bonds is 6. The Bertz CT molecular complexity index is 937. The summed E-state index contributed by atoms with van der Waals surface area (Å²) in [6.45, 7) is 1.88. The van der Waals surface area contributed by atoms with Crippen LogP contribution in [0.5, 0.6) is 5.75 Å². The number of ether oxygens (including phenoxy) is 2. The third kappa shape index (κ3) is 3.08. The highest BCUT2D eigenvalue weighted by Crippen LogP contribution is 2.35. The van der Waals surface area contributed by atoms with Crippen LogP contribution in [0.3, 0.4) is 0 Å². The van der Waals surface area contributed by atoms with E-state index < -0.39 is 5.92 Å². The predicted octanol–water partition coefficient (Wildman–Crippen LogP) is 4.34. The molecule has 0 bridgehead atoms. The van der Waals surface area contributed by atoms with Gasteiger partial charge in [0.2, 0.25) is 5.78 Å². The molecule has 1 aromatic heterocycles. The van der Waals surface area contributed by atoms with E-state index in [1.54, 1.807) is 37.4 Å². The molecule has 3 aromatic rings. The summed E-state index contributed by atoms with van der Waals surface area (Å²) in [5.41, 5.74) is 1.61. The van der Waals surface area contributed by atoms with Crippen LogP contribution in [0.25, 0.3) is 11.0 Å². The van der Waals surface area contributed by atoms with Crippen LogP contribution in [0.2, 0.25) is 0 Å². The van der Waals surface area contributed by atoms with Gasteiger partial charge in [-0.3, -0.25) is 9.59 Å². The van der Waals surface area contributed by atoms with Gasteiger partial charge >= 0.3 is 5.97 Å². The summed E-state index contributed by atoms with van der Waals surface area (Å²) in [6, 6.07) is 14.1. The van der Waals surface area contributed by atoms with Crippen molar-refractivity contribution in [1.29, 1.82) is 0 Å². The van der Waals surface area contributed by atoms with Gasteiger partial charge in [-0.1, -0.05) is 25.1 Å². The van der Waals surface area contributed by atoms with Crippen molar-refractivity contribution >= 4 is 22.7 Å². The first-order valence-corrected chi connectivity index (χ1v) is 8.38. The van der Waals surface area contributed by atoms with E-state index in [1.165, 1.54) is 7.11 Å². The number of carbonyl (C=O) groups excluding carboxylic acids is 2. The van der Waals surface area contributed by atoms with Crippen LogP contribution < -0.4 is 4.74 Å². The zero-order chi connectivity index (χ0) is 18.7. The van der Waals surface area contributed by atoms with Gasteiger partial charge in [0.05, 0.1) is 20.1 Å². The largest absolute Gasteiger partial charge is 0.497 e. The van der Waals surface area contributed by atoms with Crippen LogP contribution in [0.15, 0.2) is 52.9 Å². The molecule has 1 atom stereocenters. The Kier molecular flexibility index (Phi) is 5.07. The molecule has 5 nitrogen and oxygen atoms in total. The zero-order valence-electron chi connectivity index (χ0n) is 14.9. The Labute approximate surface area is 151 Å². The van der Waals surface area contributed by atoms with Crippen LogP contribution in [0.4, 0.5) is 0 Å². The number of ketones is 1. The van der Waals surface area contributed by atoms with E-state index in [0.29, 0.717) is 28.9 Å². The van der Waals surface area contributed by atoms with Crippen molar-refractivity contribution in [3.63, 3.8) is 0 Å².